The molecule has 1 aromatic rings. The second kappa shape index (κ2) is 6.47. The second-order valence-electron chi connectivity index (χ2n) is 6.01. The lowest BCUT2D eigenvalue weighted by Crippen LogP contribution is -2.36. The zero-order valence-corrected chi connectivity index (χ0v) is 12.7. The third-order valence-electron chi connectivity index (χ3n) is 4.26. The van der Waals surface area contributed by atoms with E-state index in [-0.39, 0.29) is 0 Å². The van der Waals surface area contributed by atoms with E-state index in [1.54, 1.807) is 6.33 Å². The molecular formula is C16H27N3. The van der Waals surface area contributed by atoms with Crippen LogP contribution in [0.3, 0.4) is 0 Å². The van der Waals surface area contributed by atoms with Crippen LogP contribution in [0.5, 0.6) is 0 Å². The van der Waals surface area contributed by atoms with Gasteiger partial charge in [0.15, 0.2) is 0 Å². The fourth-order valence-electron chi connectivity index (χ4n) is 3.41. The first kappa shape index (κ1) is 14.4. The van der Waals surface area contributed by atoms with Gasteiger partial charge in [-0.05, 0) is 50.6 Å². The fraction of sp³-hybridized carbons (Fsp3) is 0.750. The van der Waals surface area contributed by atoms with E-state index in [1.165, 1.54) is 29.8 Å². The van der Waals surface area contributed by atoms with Crippen LogP contribution in [0.1, 0.15) is 63.4 Å². The molecule has 0 amide bonds. The Bertz CT molecular complexity index is 414. The third kappa shape index (κ3) is 3.14. The lowest BCUT2D eigenvalue weighted by molar-refractivity contribution is 0.371. The first-order valence-corrected chi connectivity index (χ1v) is 7.71. The molecule has 0 aliphatic heterocycles. The van der Waals surface area contributed by atoms with Crippen molar-refractivity contribution in [2.24, 2.45) is 5.92 Å². The Kier molecular flexibility index (Phi) is 4.92. The lowest BCUT2D eigenvalue weighted by atomic mass is 9.81. The van der Waals surface area contributed by atoms with Gasteiger partial charge in [0.25, 0.3) is 0 Å². The molecule has 2 rings (SSSR count). The fourth-order valence-corrected chi connectivity index (χ4v) is 3.41. The Labute approximate surface area is 117 Å². The topological polar surface area (TPSA) is 37.8 Å². The third-order valence-corrected chi connectivity index (χ3v) is 4.26. The average molecular weight is 261 g/mol. The molecule has 2 unspecified atom stereocenters. The van der Waals surface area contributed by atoms with Gasteiger partial charge in [0.05, 0.1) is 5.69 Å². The number of rotatable bonds is 5. The van der Waals surface area contributed by atoms with Crippen LogP contribution in [0.15, 0.2) is 6.33 Å². The van der Waals surface area contributed by atoms with Crippen LogP contribution in [0.4, 0.5) is 0 Å². The van der Waals surface area contributed by atoms with E-state index < -0.39 is 0 Å². The molecule has 0 saturated heterocycles. The van der Waals surface area contributed by atoms with E-state index in [2.05, 4.69) is 43.0 Å². The normalized spacial score (nSPS) is 18.2. The van der Waals surface area contributed by atoms with E-state index in [9.17, 15) is 0 Å². The summed E-state index contributed by atoms with van der Waals surface area (Å²) in [6.07, 6.45) is 6.62. The summed E-state index contributed by atoms with van der Waals surface area (Å²) in [4.78, 5) is 9.16. The van der Waals surface area contributed by atoms with Crippen molar-refractivity contribution in [1.82, 2.24) is 15.3 Å². The van der Waals surface area contributed by atoms with Gasteiger partial charge in [-0.25, -0.2) is 9.97 Å². The smallest absolute Gasteiger partial charge is 0.115 e. The molecule has 3 heteroatoms. The van der Waals surface area contributed by atoms with Crippen molar-refractivity contribution in [3.05, 3.63) is 23.3 Å². The molecule has 106 valence electrons. The second-order valence-corrected chi connectivity index (χ2v) is 6.01. The zero-order chi connectivity index (χ0) is 13.8. The van der Waals surface area contributed by atoms with Gasteiger partial charge in [0.2, 0.25) is 0 Å². The van der Waals surface area contributed by atoms with E-state index in [0.717, 1.165) is 19.4 Å². The van der Waals surface area contributed by atoms with Gasteiger partial charge in [-0.1, -0.05) is 20.8 Å². The van der Waals surface area contributed by atoms with Crippen molar-refractivity contribution in [1.29, 1.82) is 0 Å². The summed E-state index contributed by atoms with van der Waals surface area (Å²) in [6.45, 7) is 10.1. The molecule has 0 radical (unpaired) electrons. The summed E-state index contributed by atoms with van der Waals surface area (Å²) in [5, 5.41) is 3.57. The molecule has 1 aliphatic rings. The van der Waals surface area contributed by atoms with Crippen molar-refractivity contribution >= 4 is 0 Å². The monoisotopic (exact) mass is 261 g/mol. The molecule has 1 N–H and O–H groups in total. The lowest BCUT2D eigenvalue weighted by Gasteiger charge is -2.30. The zero-order valence-electron chi connectivity index (χ0n) is 12.7. The molecule has 2 atom stereocenters. The Balaban J connectivity index is 2.36. The number of nitrogens with zero attached hydrogens (tertiary/aromatic N) is 2. The Morgan fingerprint density at radius 3 is 2.58 bits per heavy atom. The van der Waals surface area contributed by atoms with E-state index >= 15 is 0 Å². The quantitative estimate of drug-likeness (QED) is 0.885. The maximum absolute atomic E-state index is 4.67. The number of likely N-dealkylation sites (N-methyl/N-ethyl adjacent to an activating group) is 1. The van der Waals surface area contributed by atoms with Crippen LogP contribution in [0.25, 0.3) is 0 Å². The minimum absolute atomic E-state index is 0.464. The summed E-state index contributed by atoms with van der Waals surface area (Å²) in [7, 11) is 0. The van der Waals surface area contributed by atoms with Crippen molar-refractivity contribution < 1.29 is 0 Å². The highest BCUT2D eigenvalue weighted by Gasteiger charge is 2.28. The first-order valence-electron chi connectivity index (χ1n) is 7.71. The highest BCUT2D eigenvalue weighted by atomic mass is 14.9. The van der Waals surface area contributed by atoms with Crippen LogP contribution in [0, 0.1) is 5.92 Å². The van der Waals surface area contributed by atoms with E-state index in [4.69, 9.17) is 0 Å². The van der Waals surface area contributed by atoms with Gasteiger partial charge in [0, 0.05) is 17.7 Å². The van der Waals surface area contributed by atoms with Gasteiger partial charge in [-0.3, -0.25) is 0 Å². The summed E-state index contributed by atoms with van der Waals surface area (Å²) in [5.74, 6) is 1.07. The average Bonchev–Trinajstić information content (AvgIpc) is 2.39. The molecule has 0 aromatic carbocycles. The maximum atomic E-state index is 4.67. The molecule has 0 bridgehead atoms. The summed E-state index contributed by atoms with van der Waals surface area (Å²) in [6, 6.07) is 0.464. The maximum Gasteiger partial charge on any atom is 0.115 e. The Morgan fingerprint density at radius 1 is 1.16 bits per heavy atom. The standard InChI is InChI=1S/C16H27N3/c1-5-17-12(4)15(11(2)3)16-13-8-6-7-9-14(13)18-10-19-16/h10-12,15,17H,5-9H2,1-4H3. The predicted octanol–water partition coefficient (Wildman–Crippen LogP) is 3.09. The number of nitrogens with one attached hydrogen (secondary N) is 1. The number of fused-ring (bicyclic) bond motifs is 1. The van der Waals surface area contributed by atoms with E-state index in [0.29, 0.717) is 17.9 Å². The molecule has 0 saturated carbocycles. The van der Waals surface area contributed by atoms with Crippen molar-refractivity contribution in [2.45, 2.75) is 65.3 Å². The SMILES string of the molecule is CCNC(C)C(c1ncnc2c1CCCC2)C(C)C. The molecule has 19 heavy (non-hydrogen) atoms. The van der Waals surface area contributed by atoms with Crippen LogP contribution < -0.4 is 5.32 Å². The number of hydrogen-bond acceptors (Lipinski definition) is 3. The van der Waals surface area contributed by atoms with Gasteiger partial charge in [0.1, 0.15) is 6.33 Å². The summed E-state index contributed by atoms with van der Waals surface area (Å²) in [5.41, 5.74) is 4.04. The van der Waals surface area contributed by atoms with Crippen molar-refractivity contribution in [3.63, 3.8) is 0 Å². The molecular weight excluding hydrogens is 234 g/mol. The summed E-state index contributed by atoms with van der Waals surface area (Å²) >= 11 is 0. The molecule has 0 spiro atoms. The highest BCUT2D eigenvalue weighted by molar-refractivity contribution is 5.30. The van der Waals surface area contributed by atoms with Gasteiger partial charge in [-0.2, -0.15) is 0 Å². The van der Waals surface area contributed by atoms with Crippen molar-refractivity contribution in [2.75, 3.05) is 6.54 Å². The minimum atomic E-state index is 0.464. The van der Waals surface area contributed by atoms with Crippen molar-refractivity contribution in [3.8, 4) is 0 Å². The molecule has 3 nitrogen and oxygen atoms in total. The van der Waals surface area contributed by atoms with Crippen LogP contribution in [-0.2, 0) is 12.8 Å². The number of hydrogen-bond donors (Lipinski definition) is 1. The minimum Gasteiger partial charge on any atom is -0.314 e. The number of aryl methyl sites for hydroxylation is 1. The Morgan fingerprint density at radius 2 is 1.89 bits per heavy atom. The van der Waals surface area contributed by atoms with Gasteiger partial charge in [-0.15, -0.1) is 0 Å². The molecule has 1 heterocycles. The van der Waals surface area contributed by atoms with E-state index in [1.807, 2.05) is 0 Å². The molecule has 0 fully saturated rings. The first-order chi connectivity index (χ1) is 9.15. The number of aromatic nitrogens is 2. The van der Waals surface area contributed by atoms with Crippen LogP contribution in [0.2, 0.25) is 0 Å². The molecule has 1 aromatic heterocycles. The highest BCUT2D eigenvalue weighted by Crippen LogP contribution is 2.32. The Hall–Kier alpha value is -0.960. The molecule has 1 aliphatic carbocycles. The van der Waals surface area contributed by atoms with Gasteiger partial charge >= 0.3 is 0 Å². The summed E-state index contributed by atoms with van der Waals surface area (Å²) < 4.78 is 0. The largest absolute Gasteiger partial charge is 0.314 e. The van der Waals surface area contributed by atoms with Crippen LogP contribution >= 0.6 is 0 Å². The predicted molar refractivity (Wildman–Crippen MR) is 79.4 cm³/mol. The van der Waals surface area contributed by atoms with Crippen LogP contribution in [-0.4, -0.2) is 22.6 Å². The van der Waals surface area contributed by atoms with Gasteiger partial charge < -0.3 is 5.32 Å².